The van der Waals surface area contributed by atoms with Gasteiger partial charge in [0, 0.05) is 12.6 Å². The van der Waals surface area contributed by atoms with Crippen molar-refractivity contribution in [1.82, 2.24) is 5.32 Å². The Morgan fingerprint density at radius 2 is 1.93 bits per heavy atom. The molecule has 0 aromatic heterocycles. The molecule has 15 heavy (non-hydrogen) atoms. The molecule has 2 fully saturated rings. The van der Waals surface area contributed by atoms with E-state index in [1.807, 2.05) is 0 Å². The Hall–Kier alpha value is -0.0800. The van der Waals surface area contributed by atoms with Crippen LogP contribution in [0.15, 0.2) is 0 Å². The molecule has 3 unspecified atom stereocenters. The smallest absolute Gasteiger partial charge is 0.0622 e. The van der Waals surface area contributed by atoms with Gasteiger partial charge in [-0.25, -0.2) is 0 Å². The number of nitrogens with one attached hydrogen (secondary N) is 1. The molecule has 0 spiro atoms. The normalized spacial score (nSPS) is 35.2. The summed E-state index contributed by atoms with van der Waals surface area (Å²) in [7, 11) is 0. The van der Waals surface area contributed by atoms with E-state index in [-0.39, 0.29) is 0 Å². The van der Waals surface area contributed by atoms with Gasteiger partial charge in [-0.3, -0.25) is 0 Å². The first-order valence-corrected chi connectivity index (χ1v) is 6.66. The van der Waals surface area contributed by atoms with Crippen LogP contribution >= 0.6 is 0 Å². The molecule has 2 aliphatic rings. The molecule has 0 amide bonds. The summed E-state index contributed by atoms with van der Waals surface area (Å²) in [4.78, 5) is 0. The fourth-order valence-corrected chi connectivity index (χ4v) is 3.07. The van der Waals surface area contributed by atoms with E-state index in [0.29, 0.717) is 6.04 Å². The molecule has 1 N–H and O–H groups in total. The third kappa shape index (κ3) is 2.94. The minimum Gasteiger partial charge on any atom is -0.380 e. The second kappa shape index (κ2) is 5.31. The number of ether oxygens (including phenoxy) is 1. The molecule has 2 rings (SSSR count). The predicted molar refractivity (Wildman–Crippen MR) is 62.9 cm³/mol. The van der Waals surface area contributed by atoms with Crippen molar-refractivity contribution in [2.75, 3.05) is 19.8 Å². The van der Waals surface area contributed by atoms with Crippen LogP contribution in [-0.4, -0.2) is 25.8 Å². The topological polar surface area (TPSA) is 21.3 Å². The number of hydrogen-bond acceptors (Lipinski definition) is 2. The molecule has 88 valence electrons. The predicted octanol–water partition coefficient (Wildman–Crippen LogP) is 2.44. The Balaban J connectivity index is 1.72. The second-order valence-electron chi connectivity index (χ2n) is 5.23. The largest absolute Gasteiger partial charge is 0.380 e. The highest BCUT2D eigenvalue weighted by atomic mass is 16.5. The number of fused-ring (bicyclic) bond motifs is 1. The molecule has 0 aromatic rings. The van der Waals surface area contributed by atoms with Crippen LogP contribution in [0.25, 0.3) is 0 Å². The number of hydrogen-bond donors (Lipinski definition) is 1. The maximum Gasteiger partial charge on any atom is 0.0622 e. The average molecular weight is 211 g/mol. The molecular weight excluding hydrogens is 186 g/mol. The van der Waals surface area contributed by atoms with Crippen LogP contribution in [0.5, 0.6) is 0 Å². The lowest BCUT2D eigenvalue weighted by atomic mass is 9.95. The minimum absolute atomic E-state index is 0.620. The summed E-state index contributed by atoms with van der Waals surface area (Å²) in [6, 6.07) is 0.620. The maximum absolute atomic E-state index is 5.70. The first-order chi connectivity index (χ1) is 7.35. The van der Waals surface area contributed by atoms with E-state index in [1.165, 1.54) is 19.3 Å². The lowest BCUT2D eigenvalue weighted by Crippen LogP contribution is -2.39. The summed E-state index contributed by atoms with van der Waals surface area (Å²) >= 11 is 0. The Kier molecular flexibility index (Phi) is 4.04. The Morgan fingerprint density at radius 3 is 2.53 bits per heavy atom. The van der Waals surface area contributed by atoms with Crippen molar-refractivity contribution in [3.05, 3.63) is 0 Å². The molecule has 2 saturated carbocycles. The van der Waals surface area contributed by atoms with Crippen molar-refractivity contribution in [3.63, 3.8) is 0 Å². The third-order valence-corrected chi connectivity index (χ3v) is 3.96. The molecule has 0 saturated heterocycles. The van der Waals surface area contributed by atoms with Gasteiger partial charge in [-0.15, -0.1) is 0 Å². The summed E-state index contributed by atoms with van der Waals surface area (Å²) in [6.45, 7) is 7.29. The molecule has 0 bridgehead atoms. The van der Waals surface area contributed by atoms with Crippen molar-refractivity contribution >= 4 is 0 Å². The molecule has 3 atom stereocenters. The molecule has 2 aliphatic carbocycles. The standard InChI is InChI=1S/C13H25NO/c1-3-5-15-9-13(14-4-2)12-7-10-6-11(10)8-12/h10-14H,3-9H2,1-2H3. The molecule has 2 heteroatoms. The molecule has 0 aromatic carbocycles. The summed E-state index contributed by atoms with van der Waals surface area (Å²) < 4.78 is 5.70. The van der Waals surface area contributed by atoms with E-state index in [4.69, 9.17) is 4.74 Å². The fourth-order valence-electron chi connectivity index (χ4n) is 3.07. The van der Waals surface area contributed by atoms with E-state index in [0.717, 1.165) is 43.9 Å². The van der Waals surface area contributed by atoms with Crippen LogP contribution in [0, 0.1) is 17.8 Å². The summed E-state index contributed by atoms with van der Waals surface area (Å²) in [5.74, 6) is 3.07. The third-order valence-electron chi connectivity index (χ3n) is 3.96. The lowest BCUT2D eigenvalue weighted by molar-refractivity contribution is 0.0923. The van der Waals surface area contributed by atoms with E-state index in [2.05, 4.69) is 19.2 Å². The van der Waals surface area contributed by atoms with Gasteiger partial charge in [0.2, 0.25) is 0 Å². The first kappa shape index (κ1) is 11.4. The van der Waals surface area contributed by atoms with Crippen molar-refractivity contribution < 1.29 is 4.74 Å². The minimum atomic E-state index is 0.620. The molecule has 0 radical (unpaired) electrons. The van der Waals surface area contributed by atoms with Crippen LogP contribution in [0.2, 0.25) is 0 Å². The fraction of sp³-hybridized carbons (Fsp3) is 1.00. The summed E-state index contributed by atoms with van der Waals surface area (Å²) in [5.41, 5.74) is 0. The van der Waals surface area contributed by atoms with Gasteiger partial charge in [0.1, 0.15) is 0 Å². The second-order valence-corrected chi connectivity index (χ2v) is 5.23. The van der Waals surface area contributed by atoms with Gasteiger partial charge in [-0.1, -0.05) is 13.8 Å². The van der Waals surface area contributed by atoms with Gasteiger partial charge in [0.05, 0.1) is 6.61 Å². The Bertz CT molecular complexity index is 185. The van der Waals surface area contributed by atoms with E-state index >= 15 is 0 Å². The lowest BCUT2D eigenvalue weighted by Gasteiger charge is -2.25. The van der Waals surface area contributed by atoms with Gasteiger partial charge in [-0.2, -0.15) is 0 Å². The monoisotopic (exact) mass is 211 g/mol. The van der Waals surface area contributed by atoms with E-state index in [9.17, 15) is 0 Å². The Labute approximate surface area is 93.8 Å². The highest BCUT2D eigenvalue weighted by Gasteiger charge is 2.47. The molecular formula is C13H25NO. The van der Waals surface area contributed by atoms with Crippen LogP contribution in [0.4, 0.5) is 0 Å². The first-order valence-electron chi connectivity index (χ1n) is 6.66. The highest BCUT2D eigenvalue weighted by molar-refractivity contribution is 4.99. The van der Waals surface area contributed by atoms with Crippen molar-refractivity contribution in [2.24, 2.45) is 17.8 Å². The van der Waals surface area contributed by atoms with E-state index in [1.54, 1.807) is 0 Å². The average Bonchev–Trinajstić information content (AvgIpc) is 2.85. The van der Waals surface area contributed by atoms with E-state index < -0.39 is 0 Å². The van der Waals surface area contributed by atoms with Crippen LogP contribution < -0.4 is 5.32 Å². The molecule has 0 aliphatic heterocycles. The zero-order valence-corrected chi connectivity index (χ0v) is 10.2. The van der Waals surface area contributed by atoms with Gasteiger partial charge >= 0.3 is 0 Å². The van der Waals surface area contributed by atoms with Crippen molar-refractivity contribution in [3.8, 4) is 0 Å². The molecule has 0 heterocycles. The van der Waals surface area contributed by atoms with Gasteiger partial charge < -0.3 is 10.1 Å². The van der Waals surface area contributed by atoms with Crippen molar-refractivity contribution in [1.29, 1.82) is 0 Å². The van der Waals surface area contributed by atoms with Gasteiger partial charge in [-0.05, 0) is 50.0 Å². The Morgan fingerprint density at radius 1 is 1.20 bits per heavy atom. The van der Waals surface area contributed by atoms with Gasteiger partial charge in [0.15, 0.2) is 0 Å². The van der Waals surface area contributed by atoms with Gasteiger partial charge in [0.25, 0.3) is 0 Å². The van der Waals surface area contributed by atoms with Crippen LogP contribution in [-0.2, 0) is 4.74 Å². The SMILES string of the molecule is CCCOCC(NCC)C1CC2CC2C1. The van der Waals surface area contributed by atoms with Crippen molar-refractivity contribution in [2.45, 2.75) is 45.6 Å². The summed E-state index contributed by atoms with van der Waals surface area (Å²) in [5, 5.41) is 3.60. The zero-order chi connectivity index (χ0) is 10.7. The zero-order valence-electron chi connectivity index (χ0n) is 10.2. The molecule has 2 nitrogen and oxygen atoms in total. The quantitative estimate of drug-likeness (QED) is 0.653. The maximum atomic E-state index is 5.70. The highest BCUT2D eigenvalue weighted by Crippen LogP contribution is 2.55. The van der Waals surface area contributed by atoms with Crippen LogP contribution in [0.1, 0.15) is 39.5 Å². The van der Waals surface area contributed by atoms with Crippen LogP contribution in [0.3, 0.4) is 0 Å². The number of rotatable bonds is 7. The summed E-state index contributed by atoms with van der Waals surface area (Å²) in [6.07, 6.45) is 5.57. The number of likely N-dealkylation sites (N-methyl/N-ethyl adjacent to an activating group) is 1.